The van der Waals surface area contributed by atoms with Gasteiger partial charge >= 0.3 is 0 Å². The highest BCUT2D eigenvalue weighted by molar-refractivity contribution is 5.84. The quantitative estimate of drug-likeness (QED) is 0.874. The molecule has 0 atom stereocenters. The molecule has 0 saturated heterocycles. The highest BCUT2D eigenvalue weighted by Crippen LogP contribution is 2.23. The van der Waals surface area contributed by atoms with Crippen LogP contribution in [0.1, 0.15) is 43.7 Å². The van der Waals surface area contributed by atoms with E-state index in [1.807, 2.05) is 0 Å². The van der Waals surface area contributed by atoms with Crippen LogP contribution in [0.15, 0.2) is 24.4 Å². The predicted molar refractivity (Wildman–Crippen MR) is 86.3 cm³/mol. The summed E-state index contributed by atoms with van der Waals surface area (Å²) in [5, 5.41) is 5.17. The van der Waals surface area contributed by atoms with E-state index in [2.05, 4.69) is 48.3 Å². The predicted octanol–water partition coefficient (Wildman–Crippen LogP) is 3.82. The second-order valence-corrected chi connectivity index (χ2v) is 6.16. The molecule has 0 radical (unpaired) electrons. The van der Waals surface area contributed by atoms with Crippen LogP contribution in [0.4, 0.5) is 0 Å². The van der Waals surface area contributed by atoms with Crippen molar-refractivity contribution in [3.63, 3.8) is 0 Å². The van der Waals surface area contributed by atoms with Crippen LogP contribution >= 0.6 is 0 Å². The number of hydrogen-bond acceptors (Lipinski definition) is 1. The summed E-state index contributed by atoms with van der Waals surface area (Å²) >= 11 is 0. The van der Waals surface area contributed by atoms with Crippen LogP contribution in [0.5, 0.6) is 0 Å². The highest BCUT2D eigenvalue weighted by atomic mass is 14.9. The summed E-state index contributed by atoms with van der Waals surface area (Å²) < 4.78 is 2.26. The molecule has 1 N–H and O–H groups in total. The zero-order valence-electron chi connectivity index (χ0n) is 12.8. The average molecular weight is 270 g/mol. The third-order valence-corrected chi connectivity index (χ3v) is 4.73. The first-order valence-electron chi connectivity index (χ1n) is 8.08. The number of fused-ring (bicyclic) bond motifs is 1. The minimum absolute atomic E-state index is 0.774. The van der Waals surface area contributed by atoms with Gasteiger partial charge in [-0.3, -0.25) is 0 Å². The van der Waals surface area contributed by atoms with Crippen molar-refractivity contribution in [2.75, 3.05) is 6.54 Å². The minimum Gasteiger partial charge on any atom is -0.350 e. The Morgan fingerprint density at radius 2 is 2.05 bits per heavy atom. The second-order valence-electron chi connectivity index (χ2n) is 6.16. The molecule has 1 fully saturated rings. The molecule has 108 valence electrons. The van der Waals surface area contributed by atoms with Crippen molar-refractivity contribution in [1.29, 1.82) is 0 Å². The van der Waals surface area contributed by atoms with Crippen LogP contribution in [-0.2, 0) is 19.9 Å². The van der Waals surface area contributed by atoms with Gasteiger partial charge in [0.05, 0.1) is 0 Å². The molecular formula is C18H26N2. The van der Waals surface area contributed by atoms with Gasteiger partial charge in [-0.1, -0.05) is 25.8 Å². The first kappa shape index (κ1) is 13.7. The summed E-state index contributed by atoms with van der Waals surface area (Å²) in [5.41, 5.74) is 4.29. The fourth-order valence-electron chi connectivity index (χ4n) is 3.48. The molecule has 1 heterocycles. The third kappa shape index (κ3) is 2.76. The first-order valence-corrected chi connectivity index (χ1v) is 8.08. The highest BCUT2D eigenvalue weighted by Gasteiger charge is 2.14. The van der Waals surface area contributed by atoms with Gasteiger partial charge in [0.15, 0.2) is 0 Å². The first-order chi connectivity index (χ1) is 9.78. The summed E-state index contributed by atoms with van der Waals surface area (Å²) in [6.07, 6.45) is 10.1. The number of nitrogens with one attached hydrogen (secondary N) is 1. The number of rotatable bonds is 5. The Balaban J connectivity index is 1.73. The van der Waals surface area contributed by atoms with Gasteiger partial charge < -0.3 is 9.88 Å². The molecule has 1 aliphatic carbocycles. The molecule has 20 heavy (non-hydrogen) atoms. The molecule has 2 nitrogen and oxygen atoms in total. The van der Waals surface area contributed by atoms with E-state index in [1.54, 1.807) is 0 Å². The van der Waals surface area contributed by atoms with Crippen LogP contribution in [0.3, 0.4) is 0 Å². The summed E-state index contributed by atoms with van der Waals surface area (Å²) in [6.45, 7) is 3.34. The third-order valence-electron chi connectivity index (χ3n) is 4.73. The van der Waals surface area contributed by atoms with Crippen LogP contribution in [0.2, 0.25) is 0 Å². The topological polar surface area (TPSA) is 17.0 Å². The van der Waals surface area contributed by atoms with Gasteiger partial charge in [0.1, 0.15) is 0 Å². The Morgan fingerprint density at radius 1 is 1.25 bits per heavy atom. The molecular weight excluding hydrogens is 244 g/mol. The van der Waals surface area contributed by atoms with Crippen molar-refractivity contribution >= 4 is 10.9 Å². The zero-order chi connectivity index (χ0) is 13.9. The number of benzene rings is 1. The molecule has 1 aromatic heterocycles. The van der Waals surface area contributed by atoms with E-state index >= 15 is 0 Å². The molecule has 0 unspecified atom stereocenters. The van der Waals surface area contributed by atoms with E-state index in [4.69, 9.17) is 0 Å². The maximum absolute atomic E-state index is 3.72. The fourth-order valence-corrected chi connectivity index (χ4v) is 3.48. The Bertz CT molecular complexity index is 576. The smallest absolute Gasteiger partial charge is 0.0480 e. The second kappa shape index (κ2) is 6.01. The van der Waals surface area contributed by atoms with Crippen LogP contribution < -0.4 is 5.32 Å². The van der Waals surface area contributed by atoms with Crippen LogP contribution in [0.25, 0.3) is 10.9 Å². The molecule has 2 aromatic rings. The zero-order valence-corrected chi connectivity index (χ0v) is 12.8. The number of aryl methyl sites for hydroxylation is 2. The summed E-state index contributed by atoms with van der Waals surface area (Å²) in [7, 11) is 2.15. The van der Waals surface area contributed by atoms with Crippen molar-refractivity contribution < 1.29 is 0 Å². The van der Waals surface area contributed by atoms with Gasteiger partial charge in [-0.2, -0.15) is 0 Å². The lowest BCUT2D eigenvalue weighted by Crippen LogP contribution is -2.27. The van der Waals surface area contributed by atoms with Crippen LogP contribution in [0, 0.1) is 0 Å². The fraction of sp³-hybridized carbons (Fsp3) is 0.556. The Kier molecular flexibility index (Phi) is 4.11. The SMILES string of the molecule is CCc1ccc2c(c1)c(CCNC1CCCC1)cn2C. The average Bonchev–Trinajstić information content (AvgIpc) is 3.08. The van der Waals surface area contributed by atoms with Crippen molar-refractivity contribution in [3.05, 3.63) is 35.5 Å². The maximum Gasteiger partial charge on any atom is 0.0480 e. The van der Waals surface area contributed by atoms with E-state index in [9.17, 15) is 0 Å². The lowest BCUT2D eigenvalue weighted by Gasteiger charge is -2.11. The van der Waals surface area contributed by atoms with E-state index < -0.39 is 0 Å². The van der Waals surface area contributed by atoms with E-state index in [-0.39, 0.29) is 0 Å². The van der Waals surface area contributed by atoms with E-state index in [1.165, 1.54) is 47.7 Å². The molecule has 2 heteroatoms. The standard InChI is InChI=1S/C18H26N2/c1-3-14-8-9-18-17(12-14)15(13-20(18)2)10-11-19-16-6-4-5-7-16/h8-9,12-13,16,19H,3-7,10-11H2,1-2H3. The minimum atomic E-state index is 0.774. The molecule has 0 spiro atoms. The van der Waals surface area contributed by atoms with Gasteiger partial charge in [-0.25, -0.2) is 0 Å². The molecule has 1 aliphatic rings. The van der Waals surface area contributed by atoms with Crippen molar-refractivity contribution in [3.8, 4) is 0 Å². The van der Waals surface area contributed by atoms with E-state index in [0.717, 1.165) is 25.4 Å². The maximum atomic E-state index is 3.72. The molecule has 0 amide bonds. The van der Waals surface area contributed by atoms with Gasteiger partial charge in [-0.05, 0) is 55.5 Å². The molecule has 1 aromatic carbocycles. The molecule has 0 aliphatic heterocycles. The lowest BCUT2D eigenvalue weighted by molar-refractivity contribution is 0.528. The number of hydrogen-bond donors (Lipinski definition) is 1. The summed E-state index contributed by atoms with van der Waals surface area (Å²) in [6, 6.07) is 7.67. The number of nitrogens with zero attached hydrogens (tertiary/aromatic N) is 1. The van der Waals surface area contributed by atoms with Crippen molar-refractivity contribution in [2.45, 2.75) is 51.5 Å². The lowest BCUT2D eigenvalue weighted by atomic mass is 10.1. The van der Waals surface area contributed by atoms with Crippen LogP contribution in [-0.4, -0.2) is 17.2 Å². The molecule has 0 bridgehead atoms. The normalized spacial score (nSPS) is 16.3. The number of aromatic nitrogens is 1. The summed E-state index contributed by atoms with van der Waals surface area (Å²) in [5.74, 6) is 0. The van der Waals surface area contributed by atoms with Gasteiger partial charge in [0.25, 0.3) is 0 Å². The van der Waals surface area contributed by atoms with Crippen molar-refractivity contribution in [2.24, 2.45) is 7.05 Å². The van der Waals surface area contributed by atoms with Crippen molar-refractivity contribution in [1.82, 2.24) is 9.88 Å². The van der Waals surface area contributed by atoms with E-state index in [0.29, 0.717) is 0 Å². The Morgan fingerprint density at radius 3 is 2.80 bits per heavy atom. The Labute approximate surface area is 122 Å². The van der Waals surface area contributed by atoms with Gasteiger partial charge in [0, 0.05) is 30.2 Å². The monoisotopic (exact) mass is 270 g/mol. The van der Waals surface area contributed by atoms with Gasteiger partial charge in [0.2, 0.25) is 0 Å². The molecule has 1 saturated carbocycles. The Hall–Kier alpha value is -1.28. The summed E-state index contributed by atoms with van der Waals surface area (Å²) in [4.78, 5) is 0. The molecule has 3 rings (SSSR count). The largest absolute Gasteiger partial charge is 0.350 e. The van der Waals surface area contributed by atoms with Gasteiger partial charge in [-0.15, -0.1) is 0 Å².